The highest BCUT2D eigenvalue weighted by molar-refractivity contribution is 6.09. The third-order valence-electron chi connectivity index (χ3n) is 9.22. The molecule has 9 aromatic rings. The van der Waals surface area contributed by atoms with Gasteiger partial charge in [0.2, 0.25) is 0 Å². The van der Waals surface area contributed by atoms with Gasteiger partial charge < -0.3 is 0 Å². The highest BCUT2D eigenvalue weighted by Gasteiger charge is 2.15. The number of hydrogen-bond acceptors (Lipinski definition) is 5. The molecule has 5 nitrogen and oxygen atoms in total. The topological polar surface area (TPSA) is 64.5 Å². The van der Waals surface area contributed by atoms with Gasteiger partial charge in [-0.05, 0) is 65.6 Å². The molecule has 4 heterocycles. The molecule has 0 saturated carbocycles. The molecule has 0 aliphatic rings. The molecular formula is C46H31N5. The van der Waals surface area contributed by atoms with Crippen molar-refractivity contribution in [2.24, 2.45) is 0 Å². The van der Waals surface area contributed by atoms with E-state index in [9.17, 15) is 0 Å². The number of pyridine rings is 3. The number of aromatic nitrogens is 5. The van der Waals surface area contributed by atoms with Crippen LogP contribution in [0.3, 0.4) is 0 Å². The number of fused-ring (bicyclic) bond motifs is 3. The fraction of sp³-hybridized carbons (Fsp3) is 0.0217. The van der Waals surface area contributed by atoms with Crippen LogP contribution in [-0.4, -0.2) is 24.9 Å². The van der Waals surface area contributed by atoms with Gasteiger partial charge in [-0.15, -0.1) is 0 Å². The molecule has 4 aromatic heterocycles. The van der Waals surface area contributed by atoms with Gasteiger partial charge in [0, 0.05) is 39.4 Å². The molecule has 0 atom stereocenters. The average molecular weight is 654 g/mol. The van der Waals surface area contributed by atoms with Crippen molar-refractivity contribution in [3.8, 4) is 67.5 Å². The lowest BCUT2D eigenvalue weighted by molar-refractivity contribution is 1.16. The fourth-order valence-corrected chi connectivity index (χ4v) is 6.62. The average Bonchev–Trinajstić information content (AvgIpc) is 3.21. The second-order valence-electron chi connectivity index (χ2n) is 12.6. The Hall–Kier alpha value is -6.85. The SMILES string of the molecule is Cc1ccc2ccc3c(-c4ccccc4)cc(-c4ccc(-c5cccc(-c6cc(-c7ccccn7)nc(-c7ccccc7)n6)c5)cc4)nc3c2n1. The zero-order valence-corrected chi connectivity index (χ0v) is 27.9. The first-order valence-electron chi connectivity index (χ1n) is 17.0. The van der Waals surface area contributed by atoms with Gasteiger partial charge in [0.1, 0.15) is 0 Å². The lowest BCUT2D eigenvalue weighted by atomic mass is 9.96. The fourth-order valence-electron chi connectivity index (χ4n) is 6.62. The standard InChI is InChI=1S/C46H31N5/c1-30-18-19-34-24-25-38-39(32-11-4-2-5-12-32)28-41(49-45(38)44(34)48-30)33-22-20-31(21-23-33)36-15-10-16-37(27-36)42-29-43(40-17-8-9-26-47-40)51-46(50-42)35-13-6-3-7-14-35/h2-29H,1H3. The number of rotatable bonds is 6. The number of aryl methyl sites for hydroxylation is 1. The van der Waals surface area contributed by atoms with Crippen LogP contribution in [0.1, 0.15) is 5.69 Å². The van der Waals surface area contributed by atoms with E-state index in [0.717, 1.165) is 89.2 Å². The van der Waals surface area contributed by atoms with Gasteiger partial charge in [0.05, 0.1) is 33.8 Å². The number of benzene rings is 5. The summed E-state index contributed by atoms with van der Waals surface area (Å²) in [5.41, 5.74) is 13.7. The van der Waals surface area contributed by atoms with Crippen LogP contribution in [0, 0.1) is 6.92 Å². The third-order valence-corrected chi connectivity index (χ3v) is 9.22. The summed E-state index contributed by atoms with van der Waals surface area (Å²) >= 11 is 0. The molecule has 0 saturated heterocycles. The summed E-state index contributed by atoms with van der Waals surface area (Å²) < 4.78 is 0. The summed E-state index contributed by atoms with van der Waals surface area (Å²) in [5, 5.41) is 2.18. The Labute approximate surface area is 296 Å². The van der Waals surface area contributed by atoms with Crippen LogP contribution in [0.5, 0.6) is 0 Å². The number of hydrogen-bond donors (Lipinski definition) is 0. The smallest absolute Gasteiger partial charge is 0.160 e. The molecule has 0 fully saturated rings. The first kappa shape index (κ1) is 30.2. The summed E-state index contributed by atoms with van der Waals surface area (Å²) in [4.78, 5) is 24.7. The second-order valence-corrected chi connectivity index (χ2v) is 12.6. The van der Waals surface area contributed by atoms with Crippen molar-refractivity contribution in [1.29, 1.82) is 0 Å². The number of nitrogens with zero attached hydrogens (tertiary/aromatic N) is 5. The Morgan fingerprint density at radius 2 is 1.04 bits per heavy atom. The second kappa shape index (κ2) is 12.9. The van der Waals surface area contributed by atoms with Crippen molar-refractivity contribution in [3.63, 3.8) is 0 Å². The van der Waals surface area contributed by atoms with E-state index in [1.807, 2.05) is 67.6 Å². The molecule has 0 spiro atoms. The highest BCUT2D eigenvalue weighted by Crippen LogP contribution is 2.36. The largest absolute Gasteiger partial charge is 0.255 e. The summed E-state index contributed by atoms with van der Waals surface area (Å²) in [7, 11) is 0. The maximum absolute atomic E-state index is 5.24. The minimum Gasteiger partial charge on any atom is -0.255 e. The molecule has 0 aliphatic carbocycles. The van der Waals surface area contributed by atoms with E-state index in [4.69, 9.17) is 19.9 Å². The molecule has 51 heavy (non-hydrogen) atoms. The van der Waals surface area contributed by atoms with Crippen LogP contribution in [0.4, 0.5) is 0 Å². The van der Waals surface area contributed by atoms with Crippen LogP contribution in [0.15, 0.2) is 170 Å². The van der Waals surface area contributed by atoms with Gasteiger partial charge in [-0.2, -0.15) is 0 Å². The first-order chi connectivity index (χ1) is 25.2. The zero-order valence-electron chi connectivity index (χ0n) is 27.9. The summed E-state index contributed by atoms with van der Waals surface area (Å²) in [6.07, 6.45) is 1.79. The summed E-state index contributed by atoms with van der Waals surface area (Å²) in [6, 6.07) is 56.4. The van der Waals surface area contributed by atoms with Gasteiger partial charge in [0.15, 0.2) is 5.82 Å². The summed E-state index contributed by atoms with van der Waals surface area (Å²) in [6.45, 7) is 2.03. The van der Waals surface area contributed by atoms with Crippen molar-refractivity contribution in [1.82, 2.24) is 24.9 Å². The van der Waals surface area contributed by atoms with Crippen molar-refractivity contribution in [3.05, 3.63) is 176 Å². The Balaban J connectivity index is 1.12. The van der Waals surface area contributed by atoms with Gasteiger partial charge in [-0.1, -0.05) is 127 Å². The molecule has 0 aliphatic heterocycles. The third kappa shape index (κ3) is 5.91. The van der Waals surface area contributed by atoms with E-state index in [0.29, 0.717) is 5.82 Å². The van der Waals surface area contributed by atoms with E-state index >= 15 is 0 Å². The lowest BCUT2D eigenvalue weighted by Crippen LogP contribution is -1.97. The molecule has 0 radical (unpaired) electrons. The van der Waals surface area contributed by atoms with Crippen LogP contribution in [0.25, 0.3) is 89.4 Å². The normalized spacial score (nSPS) is 11.2. The van der Waals surface area contributed by atoms with E-state index in [1.54, 1.807) is 6.20 Å². The van der Waals surface area contributed by atoms with E-state index in [1.165, 1.54) is 0 Å². The molecule has 0 unspecified atom stereocenters. The zero-order chi connectivity index (χ0) is 34.1. The van der Waals surface area contributed by atoms with Gasteiger partial charge >= 0.3 is 0 Å². The molecule has 0 bridgehead atoms. The van der Waals surface area contributed by atoms with Crippen molar-refractivity contribution in [2.75, 3.05) is 0 Å². The molecule has 5 aromatic carbocycles. The Morgan fingerprint density at radius 3 is 1.82 bits per heavy atom. The predicted molar refractivity (Wildman–Crippen MR) is 208 cm³/mol. The van der Waals surface area contributed by atoms with Gasteiger partial charge in [-0.25, -0.2) is 15.0 Å². The van der Waals surface area contributed by atoms with Crippen molar-refractivity contribution < 1.29 is 0 Å². The lowest BCUT2D eigenvalue weighted by Gasteiger charge is -2.13. The summed E-state index contributed by atoms with van der Waals surface area (Å²) in [5.74, 6) is 0.666. The maximum atomic E-state index is 5.24. The Kier molecular flexibility index (Phi) is 7.63. The first-order valence-corrected chi connectivity index (χ1v) is 17.0. The molecule has 0 N–H and O–H groups in total. The van der Waals surface area contributed by atoms with Crippen LogP contribution in [-0.2, 0) is 0 Å². The highest BCUT2D eigenvalue weighted by atomic mass is 14.9. The molecule has 0 amide bonds. The molecule has 240 valence electrons. The van der Waals surface area contributed by atoms with Gasteiger partial charge in [0.25, 0.3) is 0 Å². The van der Waals surface area contributed by atoms with E-state index in [2.05, 4.69) is 108 Å². The predicted octanol–water partition coefficient (Wildman–Crippen LogP) is 11.3. The van der Waals surface area contributed by atoms with Crippen molar-refractivity contribution >= 4 is 21.8 Å². The van der Waals surface area contributed by atoms with Crippen molar-refractivity contribution in [2.45, 2.75) is 6.92 Å². The Bertz CT molecular complexity index is 2620. The maximum Gasteiger partial charge on any atom is 0.160 e. The minimum atomic E-state index is 0.666. The van der Waals surface area contributed by atoms with Crippen LogP contribution in [0.2, 0.25) is 0 Å². The minimum absolute atomic E-state index is 0.666. The molecule has 5 heteroatoms. The van der Waals surface area contributed by atoms with Gasteiger partial charge in [-0.3, -0.25) is 9.97 Å². The van der Waals surface area contributed by atoms with E-state index < -0.39 is 0 Å². The quantitative estimate of drug-likeness (QED) is 0.167. The van der Waals surface area contributed by atoms with Crippen LogP contribution < -0.4 is 0 Å². The monoisotopic (exact) mass is 653 g/mol. The molecular weight excluding hydrogens is 623 g/mol. The van der Waals surface area contributed by atoms with E-state index in [-0.39, 0.29) is 0 Å². The molecule has 9 rings (SSSR count). The Morgan fingerprint density at radius 1 is 0.373 bits per heavy atom. The van der Waals surface area contributed by atoms with Crippen LogP contribution >= 0.6 is 0 Å².